The largest absolute Gasteiger partial charge is 0.382 e. The van der Waals surface area contributed by atoms with Crippen molar-refractivity contribution >= 4 is 26.3 Å². The summed E-state index contributed by atoms with van der Waals surface area (Å²) in [6.45, 7) is 4.16. The molecule has 0 aliphatic rings. The lowest BCUT2D eigenvalue weighted by atomic mass is 10.4. The molecule has 22 heavy (non-hydrogen) atoms. The Labute approximate surface area is 135 Å². The number of nitrogens with one attached hydrogen (secondary N) is 1. The second-order valence-electron chi connectivity index (χ2n) is 4.69. The van der Waals surface area contributed by atoms with Gasteiger partial charge < -0.3 is 10.1 Å². The maximum Gasteiger partial charge on any atom is 0.184 e. The predicted octanol–water partition coefficient (Wildman–Crippen LogP) is 2.96. The van der Waals surface area contributed by atoms with E-state index in [4.69, 9.17) is 4.74 Å². The number of benzene rings is 1. The molecule has 0 atom stereocenters. The first-order chi connectivity index (χ1) is 10.6. The Morgan fingerprint density at radius 1 is 1.27 bits per heavy atom. The van der Waals surface area contributed by atoms with Crippen LogP contribution in [0.5, 0.6) is 0 Å². The van der Waals surface area contributed by atoms with Gasteiger partial charge >= 0.3 is 0 Å². The molecule has 120 valence electrons. The van der Waals surface area contributed by atoms with Crippen molar-refractivity contribution in [2.75, 3.05) is 25.1 Å². The molecule has 1 heterocycles. The molecule has 0 aliphatic carbocycles. The summed E-state index contributed by atoms with van der Waals surface area (Å²) in [6, 6.07) is 8.45. The number of ether oxygens (including phenoxy) is 1. The molecule has 0 aliphatic heterocycles. The van der Waals surface area contributed by atoms with Gasteiger partial charge in [0.1, 0.15) is 0 Å². The van der Waals surface area contributed by atoms with E-state index in [0.29, 0.717) is 17.2 Å². The van der Waals surface area contributed by atoms with Crippen LogP contribution in [0, 0.1) is 0 Å². The zero-order chi connectivity index (χ0) is 15.8. The minimum absolute atomic E-state index is 0.0753. The molecule has 7 heteroatoms. The highest BCUT2D eigenvalue weighted by atomic mass is 32.2. The van der Waals surface area contributed by atoms with Gasteiger partial charge in [-0.05, 0) is 25.5 Å². The molecule has 0 spiro atoms. The quantitative estimate of drug-likeness (QED) is 0.711. The molecule has 1 aromatic carbocycles. The summed E-state index contributed by atoms with van der Waals surface area (Å²) >= 11 is 1.42. The molecular weight excluding hydrogens is 320 g/mol. The van der Waals surface area contributed by atoms with Crippen LogP contribution in [0.15, 0.2) is 40.6 Å². The number of nitrogens with zero attached hydrogens (tertiary/aromatic N) is 1. The number of hydrogen-bond acceptors (Lipinski definition) is 6. The third-order valence-corrected chi connectivity index (χ3v) is 5.45. The lowest BCUT2D eigenvalue weighted by Gasteiger charge is -2.03. The number of anilines is 1. The Morgan fingerprint density at radius 3 is 2.77 bits per heavy atom. The van der Waals surface area contributed by atoms with Gasteiger partial charge in [-0.15, -0.1) is 11.3 Å². The van der Waals surface area contributed by atoms with Crippen LogP contribution >= 0.6 is 11.3 Å². The van der Waals surface area contributed by atoms with Crippen LogP contribution in [-0.2, 0) is 20.3 Å². The van der Waals surface area contributed by atoms with Crippen molar-refractivity contribution in [1.29, 1.82) is 0 Å². The fourth-order valence-electron chi connectivity index (χ4n) is 1.87. The van der Waals surface area contributed by atoms with Crippen molar-refractivity contribution in [2.24, 2.45) is 0 Å². The van der Waals surface area contributed by atoms with Crippen LogP contribution in [-0.4, -0.2) is 33.2 Å². The van der Waals surface area contributed by atoms with E-state index in [9.17, 15) is 8.42 Å². The summed E-state index contributed by atoms with van der Waals surface area (Å²) in [5, 5.41) is 5.71. The number of sulfone groups is 1. The molecule has 0 unspecified atom stereocenters. The smallest absolute Gasteiger partial charge is 0.184 e. The summed E-state index contributed by atoms with van der Waals surface area (Å²) in [6.07, 6.45) is 0.894. The first-order valence-electron chi connectivity index (χ1n) is 7.15. The fourth-order valence-corrected chi connectivity index (χ4v) is 3.99. The number of hydrogen-bond donors (Lipinski definition) is 1. The van der Waals surface area contributed by atoms with Gasteiger partial charge in [-0.2, -0.15) is 0 Å². The Balaban J connectivity index is 1.89. The van der Waals surface area contributed by atoms with Crippen LogP contribution in [0.3, 0.4) is 0 Å². The Hall–Kier alpha value is -1.44. The minimum Gasteiger partial charge on any atom is -0.382 e. The topological polar surface area (TPSA) is 68.3 Å². The van der Waals surface area contributed by atoms with E-state index in [-0.39, 0.29) is 5.75 Å². The SMILES string of the molecule is CCOCCCNc1nc(CS(=O)(=O)c2ccccc2)cs1. The maximum atomic E-state index is 12.3. The molecule has 0 fully saturated rings. The van der Waals surface area contributed by atoms with Crippen LogP contribution in [0.25, 0.3) is 0 Å². The van der Waals surface area contributed by atoms with Crippen LogP contribution in [0.2, 0.25) is 0 Å². The molecule has 0 radical (unpaired) electrons. The van der Waals surface area contributed by atoms with Crippen molar-refractivity contribution in [3.8, 4) is 0 Å². The van der Waals surface area contributed by atoms with Gasteiger partial charge in [0.2, 0.25) is 0 Å². The molecular formula is C15H20N2O3S2. The second kappa shape index (κ2) is 8.26. The fraction of sp³-hybridized carbons (Fsp3) is 0.400. The average molecular weight is 340 g/mol. The minimum atomic E-state index is -3.34. The third kappa shape index (κ3) is 5.08. The third-order valence-electron chi connectivity index (χ3n) is 2.94. The molecule has 1 N–H and O–H groups in total. The van der Waals surface area contributed by atoms with Crippen molar-refractivity contribution in [1.82, 2.24) is 4.98 Å². The number of thiazole rings is 1. The monoisotopic (exact) mass is 340 g/mol. The van der Waals surface area contributed by atoms with E-state index in [1.807, 2.05) is 6.92 Å². The normalized spacial score (nSPS) is 11.5. The Morgan fingerprint density at radius 2 is 2.05 bits per heavy atom. The van der Waals surface area contributed by atoms with E-state index in [1.54, 1.807) is 35.7 Å². The van der Waals surface area contributed by atoms with Crippen molar-refractivity contribution in [3.63, 3.8) is 0 Å². The standard InChI is InChI=1S/C15H20N2O3S2/c1-2-20-10-6-9-16-15-17-13(11-21-15)12-22(18,19)14-7-4-3-5-8-14/h3-5,7-8,11H,2,6,9-10,12H2,1H3,(H,16,17). The summed E-state index contributed by atoms with van der Waals surface area (Å²) in [4.78, 5) is 4.65. The highest BCUT2D eigenvalue weighted by Gasteiger charge is 2.16. The van der Waals surface area contributed by atoms with Crippen molar-refractivity contribution in [2.45, 2.75) is 24.0 Å². The molecule has 0 bridgehead atoms. The van der Waals surface area contributed by atoms with Crippen LogP contribution in [0.1, 0.15) is 19.0 Å². The molecule has 0 saturated carbocycles. The molecule has 2 aromatic rings. The first-order valence-corrected chi connectivity index (χ1v) is 9.69. The van der Waals surface area contributed by atoms with Crippen LogP contribution in [0.4, 0.5) is 5.13 Å². The maximum absolute atomic E-state index is 12.3. The summed E-state index contributed by atoms with van der Waals surface area (Å²) in [5.41, 5.74) is 0.571. The molecule has 5 nitrogen and oxygen atoms in total. The summed E-state index contributed by atoms with van der Waals surface area (Å²) in [7, 11) is -3.34. The Bertz CT molecular complexity index is 669. The van der Waals surface area contributed by atoms with Crippen molar-refractivity contribution < 1.29 is 13.2 Å². The highest BCUT2D eigenvalue weighted by Crippen LogP contribution is 2.20. The summed E-state index contributed by atoms with van der Waals surface area (Å²) in [5.74, 6) is -0.0753. The molecule has 1 aromatic heterocycles. The first kappa shape index (κ1) is 16.9. The highest BCUT2D eigenvalue weighted by molar-refractivity contribution is 7.90. The van der Waals surface area contributed by atoms with E-state index < -0.39 is 9.84 Å². The molecule has 0 amide bonds. The summed E-state index contributed by atoms with van der Waals surface area (Å²) < 4.78 is 29.8. The van der Waals surface area contributed by atoms with Gasteiger partial charge in [-0.3, -0.25) is 0 Å². The van der Waals surface area contributed by atoms with Gasteiger partial charge in [-0.1, -0.05) is 18.2 Å². The van der Waals surface area contributed by atoms with Crippen molar-refractivity contribution in [3.05, 3.63) is 41.4 Å². The predicted molar refractivity (Wildman–Crippen MR) is 89.0 cm³/mol. The lowest BCUT2D eigenvalue weighted by Crippen LogP contribution is -2.07. The van der Waals surface area contributed by atoms with E-state index >= 15 is 0 Å². The van der Waals surface area contributed by atoms with Gasteiger partial charge in [-0.25, -0.2) is 13.4 Å². The van der Waals surface area contributed by atoms with Crippen LogP contribution < -0.4 is 5.32 Å². The zero-order valence-corrected chi connectivity index (χ0v) is 14.1. The van der Waals surface area contributed by atoms with E-state index in [2.05, 4.69) is 10.3 Å². The zero-order valence-electron chi connectivity index (χ0n) is 12.5. The van der Waals surface area contributed by atoms with Gasteiger partial charge in [0.05, 0.1) is 16.3 Å². The van der Waals surface area contributed by atoms with E-state index in [1.165, 1.54) is 11.3 Å². The van der Waals surface area contributed by atoms with E-state index in [0.717, 1.165) is 24.7 Å². The van der Waals surface area contributed by atoms with Gasteiger partial charge in [0.25, 0.3) is 0 Å². The van der Waals surface area contributed by atoms with Gasteiger partial charge in [0.15, 0.2) is 15.0 Å². The number of rotatable bonds is 9. The average Bonchev–Trinajstić information content (AvgIpc) is 2.95. The van der Waals surface area contributed by atoms with Gasteiger partial charge in [0, 0.05) is 25.1 Å². The Kier molecular flexibility index (Phi) is 6.35. The number of aromatic nitrogens is 1. The second-order valence-corrected chi connectivity index (χ2v) is 7.54. The molecule has 0 saturated heterocycles. The lowest BCUT2D eigenvalue weighted by molar-refractivity contribution is 0.147. The molecule has 2 rings (SSSR count).